The number of amides is 1. The van der Waals surface area contributed by atoms with Gasteiger partial charge in [0.15, 0.2) is 5.82 Å². The van der Waals surface area contributed by atoms with Gasteiger partial charge in [0.2, 0.25) is 10.9 Å². The third kappa shape index (κ3) is 3.08. The minimum atomic E-state index is 0.0250. The topological polar surface area (TPSA) is 77.1 Å². The van der Waals surface area contributed by atoms with Crippen LogP contribution in [0.25, 0.3) is 15.9 Å². The quantitative estimate of drug-likeness (QED) is 0.587. The Morgan fingerprint density at radius 1 is 1.23 bits per heavy atom. The van der Waals surface area contributed by atoms with Crippen molar-refractivity contribution in [2.24, 2.45) is 7.05 Å². The minimum absolute atomic E-state index is 0.0250. The smallest absolute Gasteiger partial charge is 0.234 e. The second-order valence-corrected chi connectivity index (χ2v) is 7.49. The first-order valence-corrected chi connectivity index (χ1v) is 9.32. The van der Waals surface area contributed by atoms with E-state index in [2.05, 4.69) is 63.4 Å². The van der Waals surface area contributed by atoms with Crippen LogP contribution in [0.5, 0.6) is 0 Å². The average Bonchev–Trinajstić information content (AvgIpc) is 3.27. The predicted molar refractivity (Wildman–Crippen MR) is 101 cm³/mol. The molecule has 0 radical (unpaired) electrons. The standard InChI is InChI=1S/C18H20N6OS/c1-11-8-14-9-13(4-5-15(14)23(11)3)10-19-16(25)6-7-17-22-24-12(2)20-21-18(24)26-17/h4-5,8-9H,6-7,10H2,1-3H3,(H,19,25). The Bertz CT molecular complexity index is 1110. The lowest BCUT2D eigenvalue weighted by Crippen LogP contribution is -2.23. The molecule has 3 aromatic heterocycles. The van der Waals surface area contributed by atoms with Crippen LogP contribution in [0, 0.1) is 13.8 Å². The summed E-state index contributed by atoms with van der Waals surface area (Å²) in [4.78, 5) is 12.9. The van der Waals surface area contributed by atoms with Crippen molar-refractivity contribution in [3.63, 3.8) is 0 Å². The van der Waals surface area contributed by atoms with Crippen molar-refractivity contribution in [3.05, 3.63) is 46.4 Å². The van der Waals surface area contributed by atoms with Crippen molar-refractivity contribution in [3.8, 4) is 0 Å². The Morgan fingerprint density at radius 3 is 2.88 bits per heavy atom. The highest BCUT2D eigenvalue weighted by Gasteiger charge is 2.10. The maximum absolute atomic E-state index is 12.2. The fraction of sp³-hybridized carbons (Fsp3) is 0.333. The van der Waals surface area contributed by atoms with Crippen LogP contribution in [0.4, 0.5) is 0 Å². The molecule has 0 atom stereocenters. The summed E-state index contributed by atoms with van der Waals surface area (Å²) in [5.74, 6) is 0.788. The summed E-state index contributed by atoms with van der Waals surface area (Å²) in [5, 5.41) is 17.5. The average molecular weight is 368 g/mol. The van der Waals surface area contributed by atoms with Gasteiger partial charge in [-0.1, -0.05) is 17.4 Å². The number of nitrogens with zero attached hydrogens (tertiary/aromatic N) is 5. The number of benzene rings is 1. The molecule has 134 valence electrons. The molecular formula is C18H20N6OS. The lowest BCUT2D eigenvalue weighted by Gasteiger charge is -2.05. The van der Waals surface area contributed by atoms with E-state index < -0.39 is 0 Å². The van der Waals surface area contributed by atoms with Crippen LogP contribution in [0.2, 0.25) is 0 Å². The number of carbonyl (C=O) groups excluding carboxylic acids is 1. The van der Waals surface area contributed by atoms with E-state index >= 15 is 0 Å². The third-order valence-electron chi connectivity index (χ3n) is 4.59. The van der Waals surface area contributed by atoms with Gasteiger partial charge in [0.25, 0.3) is 0 Å². The molecule has 8 heteroatoms. The molecule has 0 saturated heterocycles. The summed E-state index contributed by atoms with van der Waals surface area (Å²) >= 11 is 1.48. The normalized spacial score (nSPS) is 11.5. The van der Waals surface area contributed by atoms with Crippen molar-refractivity contribution in [1.82, 2.24) is 29.7 Å². The molecule has 4 aromatic rings. The molecule has 0 aliphatic carbocycles. The van der Waals surface area contributed by atoms with E-state index in [0.717, 1.165) is 21.4 Å². The van der Waals surface area contributed by atoms with Crippen LogP contribution >= 0.6 is 11.3 Å². The Morgan fingerprint density at radius 2 is 2.08 bits per heavy atom. The molecule has 0 bridgehead atoms. The number of rotatable bonds is 5. The predicted octanol–water partition coefficient (Wildman–Crippen LogP) is 2.54. The van der Waals surface area contributed by atoms with Gasteiger partial charge in [0.1, 0.15) is 5.01 Å². The monoisotopic (exact) mass is 368 g/mol. The molecule has 26 heavy (non-hydrogen) atoms. The second-order valence-electron chi connectivity index (χ2n) is 6.45. The first-order chi connectivity index (χ1) is 12.5. The molecule has 1 N–H and O–H groups in total. The summed E-state index contributed by atoms with van der Waals surface area (Å²) in [7, 11) is 2.06. The number of hydrogen-bond acceptors (Lipinski definition) is 5. The van der Waals surface area contributed by atoms with Gasteiger partial charge in [-0.05, 0) is 37.6 Å². The summed E-state index contributed by atoms with van der Waals surface area (Å²) < 4.78 is 3.88. The molecular weight excluding hydrogens is 348 g/mol. The zero-order valence-corrected chi connectivity index (χ0v) is 15.8. The maximum atomic E-state index is 12.2. The highest BCUT2D eigenvalue weighted by atomic mass is 32.1. The van der Waals surface area contributed by atoms with Crippen molar-refractivity contribution in [2.75, 3.05) is 0 Å². The van der Waals surface area contributed by atoms with Crippen LogP contribution < -0.4 is 5.32 Å². The summed E-state index contributed by atoms with van der Waals surface area (Å²) in [6, 6.07) is 8.46. The Hall–Kier alpha value is -2.74. The van der Waals surface area contributed by atoms with Crippen LogP contribution in [0.1, 0.15) is 28.5 Å². The number of aromatic nitrogens is 5. The second kappa shape index (κ2) is 6.53. The molecule has 0 fully saturated rings. The van der Waals surface area contributed by atoms with Crippen molar-refractivity contribution in [2.45, 2.75) is 33.2 Å². The SMILES string of the molecule is Cc1cc2cc(CNC(=O)CCc3nn4c(C)nnc4s3)ccc2n1C. The molecule has 7 nitrogen and oxygen atoms in total. The summed E-state index contributed by atoms with van der Waals surface area (Å²) in [6.45, 7) is 4.49. The van der Waals surface area contributed by atoms with Gasteiger partial charge in [-0.3, -0.25) is 4.79 Å². The lowest BCUT2D eigenvalue weighted by atomic mass is 10.1. The van der Waals surface area contributed by atoms with E-state index in [1.165, 1.54) is 27.9 Å². The van der Waals surface area contributed by atoms with E-state index in [-0.39, 0.29) is 5.91 Å². The number of carbonyl (C=O) groups is 1. The van der Waals surface area contributed by atoms with E-state index in [4.69, 9.17) is 0 Å². The van der Waals surface area contributed by atoms with Crippen LogP contribution in [0.15, 0.2) is 24.3 Å². The number of fused-ring (bicyclic) bond motifs is 2. The Balaban J connectivity index is 1.34. The van der Waals surface area contributed by atoms with Crippen LogP contribution in [-0.4, -0.2) is 30.3 Å². The molecule has 0 aliphatic rings. The first-order valence-electron chi connectivity index (χ1n) is 8.50. The zero-order chi connectivity index (χ0) is 18.3. The van der Waals surface area contributed by atoms with Crippen LogP contribution in [-0.2, 0) is 24.8 Å². The molecule has 0 aliphatic heterocycles. The maximum Gasteiger partial charge on any atom is 0.234 e. The fourth-order valence-electron chi connectivity index (χ4n) is 3.01. The highest BCUT2D eigenvalue weighted by Crippen LogP contribution is 2.20. The Kier molecular flexibility index (Phi) is 4.20. The molecule has 3 heterocycles. The largest absolute Gasteiger partial charge is 0.352 e. The summed E-state index contributed by atoms with van der Waals surface area (Å²) in [6.07, 6.45) is 1.02. The lowest BCUT2D eigenvalue weighted by molar-refractivity contribution is -0.121. The first kappa shape index (κ1) is 16.7. The highest BCUT2D eigenvalue weighted by molar-refractivity contribution is 7.16. The van der Waals surface area contributed by atoms with E-state index in [1.807, 2.05) is 6.92 Å². The molecule has 4 rings (SSSR count). The van der Waals surface area contributed by atoms with Gasteiger partial charge in [0, 0.05) is 43.0 Å². The van der Waals surface area contributed by atoms with Gasteiger partial charge >= 0.3 is 0 Å². The number of hydrogen-bond donors (Lipinski definition) is 1. The van der Waals surface area contributed by atoms with E-state index in [9.17, 15) is 4.79 Å². The molecule has 0 saturated carbocycles. The van der Waals surface area contributed by atoms with Gasteiger partial charge in [0.05, 0.1) is 0 Å². The Labute approximate surface area is 154 Å². The van der Waals surface area contributed by atoms with Gasteiger partial charge in [-0.2, -0.15) is 9.61 Å². The van der Waals surface area contributed by atoms with E-state index in [0.29, 0.717) is 19.4 Å². The number of nitrogens with one attached hydrogen (secondary N) is 1. The molecule has 0 spiro atoms. The van der Waals surface area contributed by atoms with Crippen molar-refractivity contribution >= 4 is 33.1 Å². The van der Waals surface area contributed by atoms with Crippen molar-refractivity contribution < 1.29 is 4.79 Å². The van der Waals surface area contributed by atoms with Crippen molar-refractivity contribution in [1.29, 1.82) is 0 Å². The fourth-order valence-corrected chi connectivity index (χ4v) is 3.89. The molecule has 1 aromatic carbocycles. The molecule has 0 unspecified atom stereocenters. The van der Waals surface area contributed by atoms with Gasteiger partial charge in [-0.15, -0.1) is 10.2 Å². The third-order valence-corrected chi connectivity index (χ3v) is 5.55. The van der Waals surface area contributed by atoms with Gasteiger partial charge < -0.3 is 9.88 Å². The molecule has 1 amide bonds. The van der Waals surface area contributed by atoms with Gasteiger partial charge in [-0.25, -0.2) is 0 Å². The minimum Gasteiger partial charge on any atom is -0.352 e. The van der Waals surface area contributed by atoms with Crippen LogP contribution in [0.3, 0.4) is 0 Å². The number of aryl methyl sites for hydroxylation is 4. The van der Waals surface area contributed by atoms with E-state index in [1.54, 1.807) is 4.52 Å². The zero-order valence-electron chi connectivity index (χ0n) is 15.0. The summed E-state index contributed by atoms with van der Waals surface area (Å²) in [5.41, 5.74) is 3.53.